The molecule has 1 N–H and O–H groups in total. The van der Waals surface area contributed by atoms with E-state index < -0.39 is 7.12 Å². The first kappa shape index (κ1) is 16.9. The second-order valence-corrected chi connectivity index (χ2v) is 7.30. The highest BCUT2D eigenvalue weighted by atomic mass is 16.7. The van der Waals surface area contributed by atoms with E-state index in [0.29, 0.717) is 5.69 Å². The molecule has 24 heavy (non-hydrogen) atoms. The molecule has 0 amide bonds. The highest BCUT2D eigenvalue weighted by Gasteiger charge is 2.51. The Balaban J connectivity index is 1.91. The summed E-state index contributed by atoms with van der Waals surface area (Å²) in [6.45, 7) is 10.1. The molecule has 2 aromatic rings. The number of hydrogen-bond donors (Lipinski definition) is 1. The summed E-state index contributed by atoms with van der Waals surface area (Å²) in [7, 11) is -0.413. The molecular weight excluding hydrogens is 303 g/mol. The molecule has 1 saturated heterocycles. The first-order chi connectivity index (χ1) is 11.2. The van der Waals surface area contributed by atoms with Crippen molar-refractivity contribution in [2.24, 2.45) is 0 Å². The predicted octanol–water partition coefficient (Wildman–Crippen LogP) is 2.22. The van der Waals surface area contributed by atoms with E-state index in [1.165, 1.54) is 6.07 Å². The Hall–Kier alpha value is -1.92. The predicted molar refractivity (Wildman–Crippen MR) is 94.5 cm³/mol. The lowest BCUT2D eigenvalue weighted by atomic mass is 9.77. The summed E-state index contributed by atoms with van der Waals surface area (Å²) in [5.74, 6) is -0.114. The molecule has 1 fully saturated rings. The van der Waals surface area contributed by atoms with Gasteiger partial charge in [0.25, 0.3) is 0 Å². The van der Waals surface area contributed by atoms with Gasteiger partial charge in [0.15, 0.2) is 0 Å². The molecule has 1 aromatic heterocycles. The lowest BCUT2D eigenvalue weighted by Crippen LogP contribution is -2.41. The maximum Gasteiger partial charge on any atom is 0.494 e. The fourth-order valence-electron chi connectivity index (χ4n) is 2.78. The number of aromatic amines is 1. The summed E-state index contributed by atoms with van der Waals surface area (Å²) in [6.07, 6.45) is 1.54. The van der Waals surface area contributed by atoms with Crippen LogP contribution in [0.2, 0.25) is 0 Å². The molecule has 0 radical (unpaired) electrons. The van der Waals surface area contributed by atoms with E-state index in [2.05, 4.69) is 10.2 Å². The van der Waals surface area contributed by atoms with Crippen LogP contribution in [0.1, 0.15) is 51.8 Å². The van der Waals surface area contributed by atoms with Crippen molar-refractivity contribution >= 4 is 12.6 Å². The minimum absolute atomic E-state index is 0.0673. The third kappa shape index (κ3) is 2.92. The number of benzene rings is 1. The third-order valence-corrected chi connectivity index (χ3v) is 5.09. The zero-order valence-electron chi connectivity index (χ0n) is 14.8. The van der Waals surface area contributed by atoms with E-state index in [-0.39, 0.29) is 22.5 Å². The topological polar surface area (TPSA) is 64.2 Å². The molecule has 1 atom stereocenters. The molecule has 5 nitrogen and oxygen atoms in total. The van der Waals surface area contributed by atoms with E-state index in [9.17, 15) is 4.79 Å². The van der Waals surface area contributed by atoms with Crippen molar-refractivity contribution in [1.29, 1.82) is 0 Å². The van der Waals surface area contributed by atoms with Crippen LogP contribution >= 0.6 is 0 Å². The number of hydrogen-bond acceptors (Lipinski definition) is 4. The minimum atomic E-state index is -0.413. The van der Waals surface area contributed by atoms with Gasteiger partial charge in [0.05, 0.1) is 11.2 Å². The van der Waals surface area contributed by atoms with Gasteiger partial charge in [0.1, 0.15) is 5.69 Å². The van der Waals surface area contributed by atoms with Gasteiger partial charge < -0.3 is 9.31 Å². The van der Waals surface area contributed by atoms with Gasteiger partial charge >= 0.3 is 7.12 Å². The normalized spacial score (nSPS) is 20.1. The minimum Gasteiger partial charge on any atom is -0.399 e. The van der Waals surface area contributed by atoms with Crippen molar-refractivity contribution in [2.45, 2.75) is 51.7 Å². The summed E-state index contributed by atoms with van der Waals surface area (Å²) >= 11 is 0. The SMILES string of the molecule is CC(c1cccc(B2OC(C)(C)C(C)(C)O2)c1)c1n[nH]ccc1=O. The van der Waals surface area contributed by atoms with Crippen LogP contribution in [0.15, 0.2) is 41.3 Å². The average Bonchev–Trinajstić information content (AvgIpc) is 2.75. The van der Waals surface area contributed by atoms with Crippen LogP contribution in [0.25, 0.3) is 0 Å². The zero-order valence-corrected chi connectivity index (χ0v) is 14.8. The van der Waals surface area contributed by atoms with Gasteiger partial charge in [0.2, 0.25) is 5.43 Å². The van der Waals surface area contributed by atoms with Crippen LogP contribution < -0.4 is 10.9 Å². The first-order valence-electron chi connectivity index (χ1n) is 8.21. The van der Waals surface area contributed by atoms with Crippen molar-refractivity contribution < 1.29 is 9.31 Å². The molecule has 1 unspecified atom stereocenters. The highest BCUT2D eigenvalue weighted by molar-refractivity contribution is 6.62. The van der Waals surface area contributed by atoms with Gasteiger partial charge in [-0.05, 0) is 38.7 Å². The summed E-state index contributed by atoms with van der Waals surface area (Å²) in [5.41, 5.74) is 1.64. The van der Waals surface area contributed by atoms with Crippen LogP contribution in [0, 0.1) is 0 Å². The van der Waals surface area contributed by atoms with E-state index in [1.54, 1.807) is 6.20 Å². The van der Waals surface area contributed by atoms with Crippen molar-refractivity contribution in [3.63, 3.8) is 0 Å². The maximum absolute atomic E-state index is 12.0. The molecular formula is C18H23BN2O3. The molecule has 6 heteroatoms. The first-order valence-corrected chi connectivity index (χ1v) is 8.21. The molecule has 1 aliphatic rings. The Morgan fingerprint density at radius 2 is 1.79 bits per heavy atom. The van der Waals surface area contributed by atoms with Crippen LogP contribution in [0.5, 0.6) is 0 Å². The number of nitrogens with one attached hydrogen (secondary N) is 1. The Morgan fingerprint density at radius 1 is 1.12 bits per heavy atom. The van der Waals surface area contributed by atoms with Gasteiger partial charge in [-0.1, -0.05) is 31.2 Å². The average molecular weight is 326 g/mol. The quantitative estimate of drug-likeness (QED) is 0.879. The Kier molecular flexibility index (Phi) is 4.14. The van der Waals surface area contributed by atoms with Gasteiger partial charge in [0, 0.05) is 18.2 Å². The summed E-state index contributed by atoms with van der Waals surface area (Å²) in [6, 6.07) is 9.47. The maximum atomic E-state index is 12.0. The monoisotopic (exact) mass is 326 g/mol. The summed E-state index contributed by atoms with van der Waals surface area (Å²) in [5, 5.41) is 6.87. The van der Waals surface area contributed by atoms with Crippen LogP contribution in [-0.2, 0) is 9.31 Å². The molecule has 3 rings (SSSR count). The largest absolute Gasteiger partial charge is 0.494 e. The molecule has 1 aromatic carbocycles. The second kappa shape index (κ2) is 5.86. The van der Waals surface area contributed by atoms with Gasteiger partial charge in [-0.25, -0.2) is 0 Å². The smallest absolute Gasteiger partial charge is 0.399 e. The fourth-order valence-corrected chi connectivity index (χ4v) is 2.78. The molecule has 2 heterocycles. The Bertz CT molecular complexity index is 785. The van der Waals surface area contributed by atoms with Gasteiger partial charge in [-0.15, -0.1) is 0 Å². The summed E-state index contributed by atoms with van der Waals surface area (Å²) < 4.78 is 12.2. The van der Waals surface area contributed by atoms with Crippen molar-refractivity contribution in [3.05, 3.63) is 58.0 Å². The molecule has 126 valence electrons. The highest BCUT2D eigenvalue weighted by Crippen LogP contribution is 2.36. The Labute approximate surface area is 142 Å². The molecule has 0 bridgehead atoms. The Morgan fingerprint density at radius 3 is 2.42 bits per heavy atom. The fraction of sp³-hybridized carbons (Fsp3) is 0.444. The van der Waals surface area contributed by atoms with Gasteiger partial charge in [-0.3, -0.25) is 9.89 Å². The lowest BCUT2D eigenvalue weighted by molar-refractivity contribution is 0.00578. The summed E-state index contributed by atoms with van der Waals surface area (Å²) in [4.78, 5) is 12.0. The lowest BCUT2D eigenvalue weighted by Gasteiger charge is -2.32. The standard InChI is InChI=1S/C18H23BN2O3/c1-12(16-15(22)9-10-20-21-16)13-7-6-8-14(11-13)19-23-17(2,3)18(4,5)24-19/h6-12H,1-5H3,(H,20,22). The second-order valence-electron chi connectivity index (χ2n) is 7.30. The zero-order chi connectivity index (χ0) is 17.5. The van der Waals surface area contributed by atoms with Crippen molar-refractivity contribution in [1.82, 2.24) is 10.2 Å². The van der Waals surface area contributed by atoms with Gasteiger partial charge in [-0.2, -0.15) is 5.10 Å². The van der Waals surface area contributed by atoms with Crippen LogP contribution in [0.4, 0.5) is 0 Å². The van der Waals surface area contributed by atoms with Crippen molar-refractivity contribution in [3.8, 4) is 0 Å². The van der Waals surface area contributed by atoms with Crippen LogP contribution in [-0.4, -0.2) is 28.5 Å². The number of H-pyrrole nitrogens is 1. The third-order valence-electron chi connectivity index (χ3n) is 5.09. The molecule has 0 aliphatic carbocycles. The van der Waals surface area contributed by atoms with E-state index in [4.69, 9.17) is 9.31 Å². The van der Waals surface area contributed by atoms with E-state index in [0.717, 1.165) is 11.0 Å². The van der Waals surface area contributed by atoms with Crippen molar-refractivity contribution in [2.75, 3.05) is 0 Å². The van der Waals surface area contributed by atoms with E-state index in [1.807, 2.05) is 58.9 Å². The van der Waals surface area contributed by atoms with E-state index >= 15 is 0 Å². The number of rotatable bonds is 3. The number of nitrogens with zero attached hydrogens (tertiary/aromatic N) is 1. The molecule has 1 aliphatic heterocycles. The molecule has 0 saturated carbocycles. The number of aromatic nitrogens is 2. The molecule has 0 spiro atoms. The van der Waals surface area contributed by atoms with Crippen LogP contribution in [0.3, 0.4) is 0 Å².